The third kappa shape index (κ3) is 3.54. The lowest BCUT2D eigenvalue weighted by molar-refractivity contribution is 0.0472. The summed E-state index contributed by atoms with van der Waals surface area (Å²) < 4.78 is 5.46. The zero-order valence-corrected chi connectivity index (χ0v) is 14.0. The summed E-state index contributed by atoms with van der Waals surface area (Å²) >= 11 is 0. The first-order valence-corrected chi connectivity index (χ1v) is 8.03. The molecule has 0 radical (unpaired) electrons. The highest BCUT2D eigenvalue weighted by Gasteiger charge is 2.13. The number of carbonyl (C=O) groups excluding carboxylic acids is 1. The SMILES string of the molecule is Cc1cc(C(=O)OCc2ccccc2)cc(-c2ccccc2)c1C. The highest BCUT2D eigenvalue weighted by molar-refractivity contribution is 5.92. The van der Waals surface area contributed by atoms with Gasteiger partial charge < -0.3 is 4.74 Å². The van der Waals surface area contributed by atoms with Crippen molar-refractivity contribution in [3.63, 3.8) is 0 Å². The fourth-order valence-corrected chi connectivity index (χ4v) is 2.70. The highest BCUT2D eigenvalue weighted by atomic mass is 16.5. The van der Waals surface area contributed by atoms with E-state index in [2.05, 4.69) is 19.1 Å². The Kier molecular flexibility index (Phi) is 4.76. The molecule has 3 aromatic rings. The molecule has 0 aliphatic carbocycles. The van der Waals surface area contributed by atoms with Crippen molar-refractivity contribution in [2.24, 2.45) is 0 Å². The van der Waals surface area contributed by atoms with E-state index >= 15 is 0 Å². The number of hydrogen-bond donors (Lipinski definition) is 0. The van der Waals surface area contributed by atoms with Crippen LogP contribution in [0.2, 0.25) is 0 Å². The van der Waals surface area contributed by atoms with Gasteiger partial charge >= 0.3 is 5.97 Å². The van der Waals surface area contributed by atoms with Gasteiger partial charge in [0.15, 0.2) is 0 Å². The summed E-state index contributed by atoms with van der Waals surface area (Å²) in [5.74, 6) is -0.292. The second-order valence-electron chi connectivity index (χ2n) is 5.89. The minimum absolute atomic E-state index is 0.285. The average molecular weight is 316 g/mol. The molecule has 120 valence electrons. The average Bonchev–Trinajstić information content (AvgIpc) is 2.63. The minimum atomic E-state index is -0.292. The van der Waals surface area contributed by atoms with Crippen molar-refractivity contribution < 1.29 is 9.53 Å². The molecule has 0 aliphatic heterocycles. The lowest BCUT2D eigenvalue weighted by Crippen LogP contribution is -2.06. The minimum Gasteiger partial charge on any atom is -0.457 e. The second-order valence-corrected chi connectivity index (χ2v) is 5.89. The van der Waals surface area contributed by atoms with E-state index in [0.29, 0.717) is 5.56 Å². The maximum atomic E-state index is 12.4. The van der Waals surface area contributed by atoms with Crippen LogP contribution in [0.15, 0.2) is 72.8 Å². The van der Waals surface area contributed by atoms with Crippen molar-refractivity contribution in [2.75, 3.05) is 0 Å². The molecule has 3 aromatic carbocycles. The van der Waals surface area contributed by atoms with Crippen molar-refractivity contribution in [1.29, 1.82) is 0 Å². The number of rotatable bonds is 4. The van der Waals surface area contributed by atoms with Gasteiger partial charge in [-0.25, -0.2) is 4.79 Å². The van der Waals surface area contributed by atoms with Crippen LogP contribution in [0.25, 0.3) is 11.1 Å². The van der Waals surface area contributed by atoms with Crippen LogP contribution in [0, 0.1) is 13.8 Å². The molecular weight excluding hydrogens is 296 g/mol. The molecule has 0 fully saturated rings. The number of carbonyl (C=O) groups is 1. The predicted octanol–water partition coefficient (Wildman–Crippen LogP) is 5.33. The molecule has 0 spiro atoms. The molecule has 0 saturated carbocycles. The maximum Gasteiger partial charge on any atom is 0.338 e. The van der Waals surface area contributed by atoms with Crippen LogP contribution in [0.4, 0.5) is 0 Å². The van der Waals surface area contributed by atoms with E-state index in [1.165, 1.54) is 5.56 Å². The van der Waals surface area contributed by atoms with Gasteiger partial charge in [0.05, 0.1) is 5.56 Å². The van der Waals surface area contributed by atoms with Gasteiger partial charge in [0, 0.05) is 0 Å². The number of hydrogen-bond acceptors (Lipinski definition) is 2. The second kappa shape index (κ2) is 7.14. The van der Waals surface area contributed by atoms with Crippen molar-refractivity contribution in [1.82, 2.24) is 0 Å². The normalized spacial score (nSPS) is 10.4. The van der Waals surface area contributed by atoms with Gasteiger partial charge in [-0.05, 0) is 53.8 Å². The predicted molar refractivity (Wildman–Crippen MR) is 96.9 cm³/mol. The maximum absolute atomic E-state index is 12.4. The van der Waals surface area contributed by atoms with E-state index in [1.54, 1.807) is 0 Å². The van der Waals surface area contributed by atoms with Crippen LogP contribution < -0.4 is 0 Å². The number of aryl methyl sites for hydroxylation is 1. The molecule has 0 bridgehead atoms. The Labute approximate surface area is 142 Å². The van der Waals surface area contributed by atoms with Crippen molar-refractivity contribution in [3.8, 4) is 11.1 Å². The Balaban J connectivity index is 1.86. The largest absolute Gasteiger partial charge is 0.457 e. The van der Waals surface area contributed by atoms with Crippen molar-refractivity contribution in [3.05, 3.63) is 95.1 Å². The molecular formula is C22H20O2. The first-order valence-electron chi connectivity index (χ1n) is 8.03. The van der Waals surface area contributed by atoms with E-state index < -0.39 is 0 Å². The fraction of sp³-hybridized carbons (Fsp3) is 0.136. The summed E-state index contributed by atoms with van der Waals surface area (Å²) in [7, 11) is 0. The lowest BCUT2D eigenvalue weighted by Gasteiger charge is -2.12. The van der Waals surface area contributed by atoms with E-state index in [0.717, 1.165) is 22.3 Å². The topological polar surface area (TPSA) is 26.3 Å². The monoisotopic (exact) mass is 316 g/mol. The van der Waals surface area contributed by atoms with Gasteiger partial charge in [-0.15, -0.1) is 0 Å². The van der Waals surface area contributed by atoms with E-state index in [4.69, 9.17) is 4.74 Å². The quantitative estimate of drug-likeness (QED) is 0.608. The Morgan fingerprint density at radius 3 is 2.17 bits per heavy atom. The van der Waals surface area contributed by atoms with Crippen LogP contribution in [0.1, 0.15) is 27.0 Å². The molecule has 0 saturated heterocycles. The van der Waals surface area contributed by atoms with Gasteiger partial charge in [0.1, 0.15) is 6.61 Å². The summed E-state index contributed by atoms with van der Waals surface area (Å²) in [5, 5.41) is 0. The summed E-state index contributed by atoms with van der Waals surface area (Å²) in [4.78, 5) is 12.4. The van der Waals surface area contributed by atoms with Crippen molar-refractivity contribution >= 4 is 5.97 Å². The highest BCUT2D eigenvalue weighted by Crippen LogP contribution is 2.27. The molecule has 0 amide bonds. The molecule has 0 heterocycles. The van der Waals surface area contributed by atoms with Gasteiger partial charge in [0.25, 0.3) is 0 Å². The third-order valence-electron chi connectivity index (χ3n) is 4.20. The zero-order chi connectivity index (χ0) is 16.9. The van der Waals surface area contributed by atoms with E-state index in [1.807, 2.05) is 67.6 Å². The van der Waals surface area contributed by atoms with Gasteiger partial charge in [-0.1, -0.05) is 60.7 Å². The molecule has 2 nitrogen and oxygen atoms in total. The Morgan fingerprint density at radius 2 is 1.50 bits per heavy atom. The van der Waals surface area contributed by atoms with Gasteiger partial charge in [-0.3, -0.25) is 0 Å². The van der Waals surface area contributed by atoms with E-state index in [-0.39, 0.29) is 12.6 Å². The van der Waals surface area contributed by atoms with Crippen LogP contribution in [-0.4, -0.2) is 5.97 Å². The zero-order valence-electron chi connectivity index (χ0n) is 14.0. The molecule has 2 heteroatoms. The molecule has 0 unspecified atom stereocenters. The van der Waals surface area contributed by atoms with Gasteiger partial charge in [-0.2, -0.15) is 0 Å². The van der Waals surface area contributed by atoms with Gasteiger partial charge in [0.2, 0.25) is 0 Å². The van der Waals surface area contributed by atoms with Crippen LogP contribution >= 0.6 is 0 Å². The molecule has 24 heavy (non-hydrogen) atoms. The summed E-state index contributed by atoms with van der Waals surface area (Å²) in [6.45, 7) is 4.39. The fourth-order valence-electron chi connectivity index (χ4n) is 2.70. The molecule has 0 N–H and O–H groups in total. The van der Waals surface area contributed by atoms with Crippen LogP contribution in [0.5, 0.6) is 0 Å². The van der Waals surface area contributed by atoms with Crippen molar-refractivity contribution in [2.45, 2.75) is 20.5 Å². The molecule has 3 rings (SSSR count). The number of benzene rings is 3. The standard InChI is InChI=1S/C22H20O2/c1-16-13-20(22(23)24-15-18-9-5-3-6-10-18)14-21(17(16)2)19-11-7-4-8-12-19/h3-14H,15H2,1-2H3. The Bertz CT molecular complexity index is 837. The van der Waals surface area contributed by atoms with E-state index in [9.17, 15) is 4.79 Å². The summed E-state index contributed by atoms with van der Waals surface area (Å²) in [5.41, 5.74) is 6.02. The van der Waals surface area contributed by atoms with Crippen LogP contribution in [-0.2, 0) is 11.3 Å². The Hall–Kier alpha value is -2.87. The molecule has 0 atom stereocenters. The smallest absolute Gasteiger partial charge is 0.338 e. The lowest BCUT2D eigenvalue weighted by atomic mass is 9.94. The first-order chi connectivity index (χ1) is 11.6. The van der Waals surface area contributed by atoms with Crippen LogP contribution in [0.3, 0.4) is 0 Å². The first kappa shape index (κ1) is 16.0. The Morgan fingerprint density at radius 1 is 0.875 bits per heavy atom. The summed E-state index contributed by atoms with van der Waals surface area (Å²) in [6.07, 6.45) is 0. The number of ether oxygens (including phenoxy) is 1. The molecule has 0 aliphatic rings. The summed E-state index contributed by atoms with van der Waals surface area (Å²) in [6, 6.07) is 23.6. The third-order valence-corrected chi connectivity index (χ3v) is 4.20. The molecule has 0 aromatic heterocycles. The number of esters is 1.